The summed E-state index contributed by atoms with van der Waals surface area (Å²) in [6.45, 7) is 11.5. The second-order valence-electron chi connectivity index (χ2n) is 1.87. The Balaban J connectivity index is 0. The summed E-state index contributed by atoms with van der Waals surface area (Å²) in [5.41, 5.74) is 1.17. The molecule has 48 valence electrons. The third-order valence-electron chi connectivity index (χ3n) is 0.333. The molecule has 8 heavy (non-hydrogen) atoms. The molecule has 0 aromatic heterocycles. The van der Waals surface area contributed by atoms with E-state index in [0.29, 0.717) is 0 Å². The Morgan fingerprint density at radius 3 is 1.25 bits per heavy atom. The Morgan fingerprint density at radius 2 is 1.25 bits per heavy atom. The van der Waals surface area contributed by atoms with Crippen molar-refractivity contribution in [1.29, 1.82) is 0 Å². The van der Waals surface area contributed by atoms with Crippen LogP contribution in [0.4, 0.5) is 0 Å². The zero-order chi connectivity index (χ0) is 6.99. The molecule has 0 aliphatic carbocycles. The molecule has 0 atom stereocenters. The number of rotatable bonds is 0. The highest BCUT2D eigenvalue weighted by Crippen LogP contribution is 1.73. The second kappa shape index (κ2) is 9.70. The Labute approximate surface area is 52.9 Å². The summed E-state index contributed by atoms with van der Waals surface area (Å²) < 4.78 is 0. The van der Waals surface area contributed by atoms with Gasteiger partial charge in [0.1, 0.15) is 0 Å². The van der Waals surface area contributed by atoms with Crippen molar-refractivity contribution in [2.45, 2.75) is 27.7 Å². The second-order valence-corrected chi connectivity index (χ2v) is 1.87. The summed E-state index contributed by atoms with van der Waals surface area (Å²) in [5.74, 6) is 0. The quantitative estimate of drug-likeness (QED) is 0.422. The molecule has 0 aromatic carbocycles. The average molecular weight is 112 g/mol. The van der Waals surface area contributed by atoms with E-state index in [2.05, 4.69) is 6.58 Å². The topological polar surface area (TPSA) is 0 Å². The van der Waals surface area contributed by atoms with Crippen LogP contribution in [0.2, 0.25) is 0 Å². The SMILES string of the molecule is C/C=C/C.C=C(C)C. The lowest BCUT2D eigenvalue weighted by Crippen LogP contribution is -1.43. The maximum absolute atomic E-state index is 3.56. The Bertz CT molecular complexity index is 60.1. The molecule has 0 amide bonds. The van der Waals surface area contributed by atoms with Gasteiger partial charge in [0.25, 0.3) is 0 Å². The molecule has 0 unspecified atom stereocenters. The molecule has 0 radical (unpaired) electrons. The third kappa shape index (κ3) is 477. The fourth-order valence-corrected chi connectivity index (χ4v) is 0. The van der Waals surface area contributed by atoms with Gasteiger partial charge in [0.15, 0.2) is 0 Å². The van der Waals surface area contributed by atoms with Crippen molar-refractivity contribution < 1.29 is 0 Å². The van der Waals surface area contributed by atoms with Gasteiger partial charge in [-0.2, -0.15) is 0 Å². The minimum atomic E-state index is 1.17. The predicted molar refractivity (Wildman–Crippen MR) is 41.0 cm³/mol. The predicted octanol–water partition coefficient (Wildman–Crippen LogP) is 3.16. The highest BCUT2D eigenvalue weighted by molar-refractivity contribution is 4.78. The van der Waals surface area contributed by atoms with Crippen LogP contribution in [-0.2, 0) is 0 Å². The standard InChI is InChI=1S/2C4H8/c1-4(2)3;1-3-4-2/h1H2,2-3H3;3-4H,1-2H3/b;4-3+. The van der Waals surface area contributed by atoms with E-state index in [9.17, 15) is 0 Å². The van der Waals surface area contributed by atoms with E-state index in [4.69, 9.17) is 0 Å². The van der Waals surface area contributed by atoms with Gasteiger partial charge in [-0.25, -0.2) is 0 Å². The van der Waals surface area contributed by atoms with Crippen LogP contribution in [0.5, 0.6) is 0 Å². The van der Waals surface area contributed by atoms with Gasteiger partial charge in [-0.15, -0.1) is 6.58 Å². The maximum Gasteiger partial charge on any atom is -0.0445 e. The number of hydrogen-bond acceptors (Lipinski definition) is 0. The largest absolute Gasteiger partial charge is 0.100 e. The Morgan fingerprint density at radius 1 is 1.12 bits per heavy atom. The lowest BCUT2D eigenvalue weighted by Gasteiger charge is -1.65. The van der Waals surface area contributed by atoms with Gasteiger partial charge >= 0.3 is 0 Å². The first-order chi connectivity index (χ1) is 3.65. The van der Waals surface area contributed by atoms with Crippen LogP contribution >= 0.6 is 0 Å². The highest BCUT2D eigenvalue weighted by atomic mass is 13.6. The van der Waals surface area contributed by atoms with Crippen LogP contribution in [0.25, 0.3) is 0 Å². The lowest BCUT2D eigenvalue weighted by molar-refractivity contribution is 1.42. The first-order valence-electron chi connectivity index (χ1n) is 2.84. The van der Waals surface area contributed by atoms with E-state index in [1.54, 1.807) is 0 Å². The average Bonchev–Trinajstić information content (AvgIpc) is 1.65. The monoisotopic (exact) mass is 112 g/mol. The van der Waals surface area contributed by atoms with Gasteiger partial charge in [-0.05, 0) is 27.7 Å². The van der Waals surface area contributed by atoms with Crippen molar-refractivity contribution >= 4 is 0 Å². The number of allylic oxidation sites excluding steroid dienone is 3. The molecule has 0 heterocycles. The minimum absolute atomic E-state index is 1.17. The van der Waals surface area contributed by atoms with Crippen LogP contribution in [0.15, 0.2) is 24.3 Å². The zero-order valence-corrected chi connectivity index (χ0v) is 6.36. The normalized spacial score (nSPS) is 8.00. The van der Waals surface area contributed by atoms with Crippen molar-refractivity contribution in [3.05, 3.63) is 24.3 Å². The molecule has 0 fully saturated rings. The van der Waals surface area contributed by atoms with Crippen molar-refractivity contribution in [3.63, 3.8) is 0 Å². The third-order valence-corrected chi connectivity index (χ3v) is 0.333. The molecule has 0 rings (SSSR count). The van der Waals surface area contributed by atoms with E-state index < -0.39 is 0 Å². The molecule has 0 N–H and O–H groups in total. The van der Waals surface area contributed by atoms with Crippen LogP contribution in [-0.4, -0.2) is 0 Å². The van der Waals surface area contributed by atoms with Crippen molar-refractivity contribution in [2.75, 3.05) is 0 Å². The molecule has 0 aliphatic rings. The summed E-state index contributed by atoms with van der Waals surface area (Å²) in [6, 6.07) is 0. The molecule has 0 aliphatic heterocycles. The fourth-order valence-electron chi connectivity index (χ4n) is 0. The fraction of sp³-hybridized carbons (Fsp3) is 0.500. The molecule has 0 saturated carbocycles. The van der Waals surface area contributed by atoms with Gasteiger partial charge in [-0.1, -0.05) is 17.7 Å². The lowest BCUT2D eigenvalue weighted by atomic mass is 10.4. The van der Waals surface area contributed by atoms with Crippen molar-refractivity contribution in [2.24, 2.45) is 0 Å². The Kier molecular flexibility index (Phi) is 12.7. The van der Waals surface area contributed by atoms with Crippen LogP contribution in [0.3, 0.4) is 0 Å². The van der Waals surface area contributed by atoms with Gasteiger partial charge < -0.3 is 0 Å². The van der Waals surface area contributed by atoms with E-state index >= 15 is 0 Å². The number of hydrogen-bond donors (Lipinski definition) is 0. The van der Waals surface area contributed by atoms with Gasteiger partial charge in [0.05, 0.1) is 0 Å². The molecular formula is C8H16. The van der Waals surface area contributed by atoms with E-state index in [1.165, 1.54) is 5.57 Å². The summed E-state index contributed by atoms with van der Waals surface area (Å²) in [5, 5.41) is 0. The molecule has 0 heteroatoms. The first kappa shape index (κ1) is 10.5. The Hall–Kier alpha value is -0.520. The van der Waals surface area contributed by atoms with E-state index in [1.807, 2.05) is 39.8 Å². The summed E-state index contributed by atoms with van der Waals surface area (Å²) >= 11 is 0. The molecule has 0 saturated heterocycles. The van der Waals surface area contributed by atoms with Crippen LogP contribution in [0.1, 0.15) is 27.7 Å². The first-order valence-corrected chi connectivity index (χ1v) is 2.84. The molecule has 0 bridgehead atoms. The molecule has 0 nitrogen and oxygen atoms in total. The summed E-state index contributed by atoms with van der Waals surface area (Å²) in [6.07, 6.45) is 4.00. The van der Waals surface area contributed by atoms with Crippen molar-refractivity contribution in [1.82, 2.24) is 0 Å². The van der Waals surface area contributed by atoms with Gasteiger partial charge in [-0.3, -0.25) is 0 Å². The molecule has 0 spiro atoms. The molecular weight excluding hydrogens is 96.1 g/mol. The summed E-state index contributed by atoms with van der Waals surface area (Å²) in [7, 11) is 0. The maximum atomic E-state index is 3.56. The van der Waals surface area contributed by atoms with Gasteiger partial charge in [0, 0.05) is 0 Å². The van der Waals surface area contributed by atoms with Crippen LogP contribution < -0.4 is 0 Å². The van der Waals surface area contributed by atoms with Crippen LogP contribution in [0, 0.1) is 0 Å². The summed E-state index contributed by atoms with van der Waals surface area (Å²) in [4.78, 5) is 0. The minimum Gasteiger partial charge on any atom is -0.100 e. The zero-order valence-electron chi connectivity index (χ0n) is 6.36. The van der Waals surface area contributed by atoms with E-state index in [0.717, 1.165) is 0 Å². The van der Waals surface area contributed by atoms with Gasteiger partial charge in [0.2, 0.25) is 0 Å². The smallest absolute Gasteiger partial charge is 0.0445 e. The molecule has 0 aromatic rings. The van der Waals surface area contributed by atoms with Crippen molar-refractivity contribution in [3.8, 4) is 0 Å². The highest BCUT2D eigenvalue weighted by Gasteiger charge is 1.51. The van der Waals surface area contributed by atoms with E-state index in [-0.39, 0.29) is 0 Å².